The number of fused-ring (bicyclic) bond motifs is 3. The van der Waals surface area contributed by atoms with Crippen LogP contribution < -0.4 is 0 Å². The van der Waals surface area contributed by atoms with Gasteiger partial charge in [0.2, 0.25) is 0 Å². The number of aliphatic hydroxyl groups is 3. The van der Waals surface area contributed by atoms with Gasteiger partial charge < -0.3 is 43.7 Å². The Morgan fingerprint density at radius 1 is 0.750 bits per heavy atom. The lowest BCUT2D eigenvalue weighted by molar-refractivity contribution is -0.244. The van der Waals surface area contributed by atoms with Gasteiger partial charge in [-0.05, 0) is 34.1 Å². The zero-order valence-corrected chi connectivity index (χ0v) is 25.6. The summed E-state index contributed by atoms with van der Waals surface area (Å²) in [6.45, 7) is 11.0. The minimum atomic E-state index is -0.781. The van der Waals surface area contributed by atoms with E-state index in [1.807, 2.05) is 32.6 Å². The lowest BCUT2D eigenvalue weighted by Gasteiger charge is -2.37. The highest BCUT2D eigenvalue weighted by atomic mass is 16.9. The second kappa shape index (κ2) is 16.4. The van der Waals surface area contributed by atoms with Gasteiger partial charge in [-0.3, -0.25) is 4.90 Å². The lowest BCUT2D eigenvalue weighted by Crippen LogP contribution is -2.56. The fourth-order valence-corrected chi connectivity index (χ4v) is 5.98. The summed E-state index contributed by atoms with van der Waals surface area (Å²) in [5.74, 6) is -1.56. The number of rotatable bonds is 20. The second-order valence-electron chi connectivity index (χ2n) is 12.7. The number of unbranched alkanes of at least 4 members (excludes halogenated alkanes) is 8. The Kier molecular flexibility index (Phi) is 14.0. The molecule has 0 spiro atoms. The first-order valence-corrected chi connectivity index (χ1v) is 15.7. The van der Waals surface area contributed by atoms with Crippen LogP contribution in [0.4, 0.5) is 0 Å². The van der Waals surface area contributed by atoms with E-state index < -0.39 is 42.3 Å². The Balaban J connectivity index is 1.35. The molecule has 0 radical (unpaired) electrons. The van der Waals surface area contributed by atoms with Crippen LogP contribution in [0.1, 0.15) is 98.8 Å². The van der Waals surface area contributed by atoms with E-state index in [1.165, 1.54) is 44.9 Å². The molecule has 7 atom stereocenters. The van der Waals surface area contributed by atoms with Crippen molar-refractivity contribution in [1.29, 1.82) is 0 Å². The van der Waals surface area contributed by atoms with Crippen LogP contribution in [0.5, 0.6) is 0 Å². The van der Waals surface area contributed by atoms with Crippen molar-refractivity contribution >= 4 is 0 Å². The third-order valence-electron chi connectivity index (χ3n) is 7.84. The van der Waals surface area contributed by atoms with Crippen molar-refractivity contribution in [2.45, 2.75) is 153 Å². The second-order valence-corrected chi connectivity index (χ2v) is 12.7. The van der Waals surface area contributed by atoms with Gasteiger partial charge in [-0.2, -0.15) is 0 Å². The van der Waals surface area contributed by atoms with Crippen LogP contribution in [-0.2, 0) is 28.4 Å². The van der Waals surface area contributed by atoms with Crippen LogP contribution in [-0.4, -0.2) is 114 Å². The van der Waals surface area contributed by atoms with Gasteiger partial charge in [-0.1, -0.05) is 64.7 Å². The largest absolute Gasteiger partial charge is 0.395 e. The maximum atomic E-state index is 10.7. The van der Waals surface area contributed by atoms with Crippen molar-refractivity contribution in [3.05, 3.63) is 0 Å². The fourth-order valence-electron chi connectivity index (χ4n) is 5.98. The zero-order chi connectivity index (χ0) is 29.2. The van der Waals surface area contributed by atoms with Crippen LogP contribution >= 0.6 is 0 Å². The quantitative estimate of drug-likeness (QED) is 0.187. The average molecular weight is 576 g/mol. The molecule has 10 heteroatoms. The summed E-state index contributed by atoms with van der Waals surface area (Å²) < 4.78 is 36.2. The molecular weight excluding hydrogens is 518 g/mol. The molecule has 0 saturated carbocycles. The Morgan fingerprint density at radius 3 is 2.00 bits per heavy atom. The van der Waals surface area contributed by atoms with Gasteiger partial charge in [0.1, 0.15) is 24.4 Å². The molecule has 3 aliphatic heterocycles. The molecule has 3 N–H and O–H groups in total. The maximum Gasteiger partial charge on any atom is 0.190 e. The van der Waals surface area contributed by atoms with Crippen molar-refractivity contribution < 1.29 is 43.7 Å². The minimum Gasteiger partial charge on any atom is -0.395 e. The Hall–Kier alpha value is -0.400. The van der Waals surface area contributed by atoms with Crippen molar-refractivity contribution in [3.8, 4) is 0 Å². The molecule has 10 nitrogen and oxygen atoms in total. The summed E-state index contributed by atoms with van der Waals surface area (Å²) in [7, 11) is 0. The first-order chi connectivity index (χ1) is 19.0. The predicted molar refractivity (Wildman–Crippen MR) is 151 cm³/mol. The average Bonchev–Trinajstić information content (AvgIpc) is 3.37. The molecule has 2 unspecified atom stereocenters. The SMILES string of the molecule is CCCCCCCCCCCC(O)CN(CCO)CC(O)COC[C@H]1O[C@@H]2OC(C)(C)O[C@@H]2[C@H]2OC(C)(C)O[C@H]21. The van der Waals surface area contributed by atoms with E-state index in [4.69, 9.17) is 28.4 Å². The van der Waals surface area contributed by atoms with Crippen molar-refractivity contribution in [2.24, 2.45) is 0 Å². The van der Waals surface area contributed by atoms with E-state index in [0.717, 1.165) is 19.3 Å². The van der Waals surface area contributed by atoms with Crippen molar-refractivity contribution in [1.82, 2.24) is 4.90 Å². The zero-order valence-electron chi connectivity index (χ0n) is 25.6. The minimum absolute atomic E-state index is 0.0363. The van der Waals surface area contributed by atoms with Gasteiger partial charge in [0.25, 0.3) is 0 Å². The summed E-state index contributed by atoms with van der Waals surface area (Å²) in [5.41, 5.74) is 0. The summed E-state index contributed by atoms with van der Waals surface area (Å²) in [5, 5.41) is 30.7. The highest BCUT2D eigenvalue weighted by Gasteiger charge is 2.60. The van der Waals surface area contributed by atoms with Gasteiger partial charge in [-0.25, -0.2) is 0 Å². The van der Waals surface area contributed by atoms with Crippen LogP contribution in [0.2, 0.25) is 0 Å². The highest BCUT2D eigenvalue weighted by Crippen LogP contribution is 2.44. The molecule has 0 aliphatic carbocycles. The highest BCUT2D eigenvalue weighted by molar-refractivity contribution is 5.00. The van der Waals surface area contributed by atoms with Crippen molar-refractivity contribution in [3.63, 3.8) is 0 Å². The summed E-state index contributed by atoms with van der Waals surface area (Å²) in [4.78, 5) is 1.90. The molecule has 0 aromatic rings. The number of hydrogen-bond donors (Lipinski definition) is 3. The van der Waals surface area contributed by atoms with E-state index in [2.05, 4.69) is 6.92 Å². The van der Waals surface area contributed by atoms with E-state index >= 15 is 0 Å². The number of nitrogens with zero attached hydrogens (tertiary/aromatic N) is 1. The monoisotopic (exact) mass is 575 g/mol. The molecule has 0 bridgehead atoms. The van der Waals surface area contributed by atoms with E-state index in [9.17, 15) is 15.3 Å². The van der Waals surface area contributed by atoms with Gasteiger partial charge in [0.05, 0.1) is 32.0 Å². The Morgan fingerprint density at radius 2 is 1.32 bits per heavy atom. The molecule has 0 aromatic carbocycles. The first kappa shape index (κ1) is 34.1. The first-order valence-electron chi connectivity index (χ1n) is 15.7. The number of aliphatic hydroxyl groups excluding tert-OH is 3. The van der Waals surface area contributed by atoms with Crippen molar-refractivity contribution in [2.75, 3.05) is 39.5 Å². The van der Waals surface area contributed by atoms with Crippen LogP contribution in [0.25, 0.3) is 0 Å². The smallest absolute Gasteiger partial charge is 0.190 e. The predicted octanol–water partition coefficient (Wildman–Crippen LogP) is 3.34. The molecule has 0 amide bonds. The third-order valence-corrected chi connectivity index (χ3v) is 7.84. The van der Waals surface area contributed by atoms with Gasteiger partial charge in [0, 0.05) is 19.6 Å². The topological polar surface area (TPSA) is 119 Å². The maximum absolute atomic E-state index is 10.7. The van der Waals surface area contributed by atoms with E-state index in [-0.39, 0.29) is 32.0 Å². The standard InChI is InChI=1S/C30H57NO9/c1-6-7-8-9-10-11-12-13-14-15-22(33)18-31(16-17-32)19-23(34)20-35-21-24-25-26(38-29(2,3)37-25)27-28(36-24)40-30(4,5)39-27/h22-28,32-34H,6-21H2,1-5H3/t22?,23?,24-,25+,26+,27-,28-/m1/s1. The fraction of sp³-hybridized carbons (Fsp3) is 1.00. The molecule has 0 aromatic heterocycles. The lowest BCUT2D eigenvalue weighted by atomic mass is 9.99. The number of hydrogen-bond acceptors (Lipinski definition) is 10. The summed E-state index contributed by atoms with van der Waals surface area (Å²) in [6.07, 6.45) is 8.54. The summed E-state index contributed by atoms with van der Waals surface area (Å²) >= 11 is 0. The Labute approximate surface area is 241 Å². The molecule has 3 saturated heterocycles. The third kappa shape index (κ3) is 11.0. The molecule has 40 heavy (non-hydrogen) atoms. The molecule has 3 heterocycles. The molecule has 3 rings (SSSR count). The van der Waals surface area contributed by atoms with Crippen LogP contribution in [0.3, 0.4) is 0 Å². The molecule has 236 valence electrons. The molecular formula is C30H57NO9. The van der Waals surface area contributed by atoms with Crippen LogP contribution in [0, 0.1) is 0 Å². The van der Waals surface area contributed by atoms with Gasteiger partial charge in [0.15, 0.2) is 17.9 Å². The number of ether oxygens (including phenoxy) is 6. The van der Waals surface area contributed by atoms with Crippen LogP contribution in [0.15, 0.2) is 0 Å². The normalized spacial score (nSPS) is 30.4. The molecule has 3 aliphatic rings. The van der Waals surface area contributed by atoms with Gasteiger partial charge >= 0.3 is 0 Å². The van der Waals surface area contributed by atoms with Gasteiger partial charge in [-0.15, -0.1) is 0 Å². The van der Waals surface area contributed by atoms with E-state index in [1.54, 1.807) is 0 Å². The van der Waals surface area contributed by atoms with E-state index in [0.29, 0.717) is 19.6 Å². The summed E-state index contributed by atoms with van der Waals surface area (Å²) in [6, 6.07) is 0. The Bertz CT molecular complexity index is 709. The molecule has 3 fully saturated rings.